The molecule has 1 aliphatic rings. The molecule has 0 fully saturated rings. The van der Waals surface area contributed by atoms with Crippen molar-refractivity contribution in [2.45, 2.75) is 52.0 Å². The van der Waals surface area contributed by atoms with Crippen molar-refractivity contribution in [2.24, 2.45) is 0 Å². The SMILES string of the molecule is CCCNC(CC)c1ccc(-c2ccc3c(c2)CCC3)o1. The Labute approximate surface area is 127 Å². The first kappa shape index (κ1) is 14.4. The number of hydrogen-bond donors (Lipinski definition) is 1. The second kappa shape index (κ2) is 6.48. The van der Waals surface area contributed by atoms with Crippen molar-refractivity contribution in [3.05, 3.63) is 47.2 Å². The van der Waals surface area contributed by atoms with Crippen LogP contribution in [0.5, 0.6) is 0 Å². The third-order valence-corrected chi connectivity index (χ3v) is 4.40. The van der Waals surface area contributed by atoms with E-state index in [9.17, 15) is 0 Å². The van der Waals surface area contributed by atoms with Crippen LogP contribution < -0.4 is 5.32 Å². The highest BCUT2D eigenvalue weighted by atomic mass is 16.3. The number of aryl methyl sites for hydroxylation is 2. The number of nitrogens with one attached hydrogen (secondary N) is 1. The number of rotatable bonds is 6. The summed E-state index contributed by atoms with van der Waals surface area (Å²) in [7, 11) is 0. The van der Waals surface area contributed by atoms with Crippen molar-refractivity contribution in [1.82, 2.24) is 5.32 Å². The van der Waals surface area contributed by atoms with Gasteiger partial charge in [-0.15, -0.1) is 0 Å². The normalized spacial score (nSPS) is 15.1. The lowest BCUT2D eigenvalue weighted by Crippen LogP contribution is -2.20. The van der Waals surface area contributed by atoms with Crippen LogP contribution in [-0.2, 0) is 12.8 Å². The Kier molecular flexibility index (Phi) is 4.45. The van der Waals surface area contributed by atoms with Crippen LogP contribution in [0.2, 0.25) is 0 Å². The Morgan fingerprint density at radius 3 is 2.76 bits per heavy atom. The zero-order valence-corrected chi connectivity index (χ0v) is 13.1. The zero-order valence-electron chi connectivity index (χ0n) is 13.1. The van der Waals surface area contributed by atoms with Gasteiger partial charge in [0.25, 0.3) is 0 Å². The molecule has 2 heteroatoms. The lowest BCUT2D eigenvalue weighted by atomic mass is 10.1. The molecule has 1 heterocycles. The third kappa shape index (κ3) is 3.06. The van der Waals surface area contributed by atoms with Crippen LogP contribution in [0.15, 0.2) is 34.7 Å². The molecule has 1 atom stereocenters. The minimum Gasteiger partial charge on any atom is -0.459 e. The summed E-state index contributed by atoms with van der Waals surface area (Å²) >= 11 is 0. The van der Waals surface area contributed by atoms with Gasteiger partial charge in [0.1, 0.15) is 11.5 Å². The average molecular weight is 283 g/mol. The number of furan rings is 1. The summed E-state index contributed by atoms with van der Waals surface area (Å²) in [4.78, 5) is 0. The van der Waals surface area contributed by atoms with Gasteiger partial charge in [0, 0.05) is 5.56 Å². The van der Waals surface area contributed by atoms with Gasteiger partial charge in [-0.2, -0.15) is 0 Å². The van der Waals surface area contributed by atoms with Crippen molar-refractivity contribution in [2.75, 3.05) is 6.54 Å². The molecule has 1 N–H and O–H groups in total. The second-order valence-corrected chi connectivity index (χ2v) is 5.95. The van der Waals surface area contributed by atoms with E-state index in [1.54, 1.807) is 0 Å². The molecule has 2 aromatic rings. The molecule has 1 unspecified atom stereocenters. The molecular weight excluding hydrogens is 258 g/mol. The Hall–Kier alpha value is -1.54. The quantitative estimate of drug-likeness (QED) is 0.817. The molecule has 3 rings (SSSR count). The molecular formula is C19H25NO. The molecule has 0 spiro atoms. The van der Waals surface area contributed by atoms with Crippen LogP contribution in [0.25, 0.3) is 11.3 Å². The predicted octanol–water partition coefficient (Wildman–Crippen LogP) is 4.89. The van der Waals surface area contributed by atoms with Crippen LogP contribution in [-0.4, -0.2) is 6.54 Å². The largest absolute Gasteiger partial charge is 0.459 e. The van der Waals surface area contributed by atoms with Crippen molar-refractivity contribution in [3.8, 4) is 11.3 Å². The number of hydrogen-bond acceptors (Lipinski definition) is 2. The fraction of sp³-hybridized carbons (Fsp3) is 0.474. The fourth-order valence-electron chi connectivity index (χ4n) is 3.19. The van der Waals surface area contributed by atoms with Crippen LogP contribution >= 0.6 is 0 Å². The van der Waals surface area contributed by atoms with E-state index in [1.807, 2.05) is 0 Å². The van der Waals surface area contributed by atoms with Crippen LogP contribution in [0.4, 0.5) is 0 Å². The van der Waals surface area contributed by atoms with E-state index in [-0.39, 0.29) is 0 Å². The summed E-state index contributed by atoms with van der Waals surface area (Å²) in [6.07, 6.45) is 5.94. The van der Waals surface area contributed by atoms with Crippen LogP contribution in [0.1, 0.15) is 56.0 Å². The summed E-state index contributed by atoms with van der Waals surface area (Å²) < 4.78 is 6.12. The third-order valence-electron chi connectivity index (χ3n) is 4.40. The molecule has 0 saturated heterocycles. The Balaban J connectivity index is 1.81. The summed E-state index contributed by atoms with van der Waals surface area (Å²) in [6, 6.07) is 11.3. The molecule has 112 valence electrons. The summed E-state index contributed by atoms with van der Waals surface area (Å²) in [5.41, 5.74) is 4.23. The Bertz CT molecular complexity index is 599. The van der Waals surface area contributed by atoms with Crippen molar-refractivity contribution >= 4 is 0 Å². The van der Waals surface area contributed by atoms with E-state index in [2.05, 4.69) is 49.5 Å². The van der Waals surface area contributed by atoms with Crippen molar-refractivity contribution in [3.63, 3.8) is 0 Å². The van der Waals surface area contributed by atoms with Crippen molar-refractivity contribution in [1.29, 1.82) is 0 Å². The fourth-order valence-corrected chi connectivity index (χ4v) is 3.19. The van der Waals surface area contributed by atoms with E-state index < -0.39 is 0 Å². The molecule has 0 saturated carbocycles. The summed E-state index contributed by atoms with van der Waals surface area (Å²) in [5, 5.41) is 3.55. The van der Waals surface area contributed by atoms with E-state index in [0.717, 1.165) is 30.9 Å². The maximum Gasteiger partial charge on any atom is 0.134 e. The van der Waals surface area contributed by atoms with Crippen molar-refractivity contribution < 1.29 is 4.42 Å². The average Bonchev–Trinajstić information content (AvgIpc) is 3.16. The maximum atomic E-state index is 6.12. The standard InChI is InChI=1S/C19H25NO/c1-3-12-20-17(4-2)19-11-10-18(21-19)16-9-8-14-6-5-7-15(14)13-16/h8-11,13,17,20H,3-7,12H2,1-2H3. The number of benzene rings is 1. The molecule has 2 nitrogen and oxygen atoms in total. The van der Waals surface area contributed by atoms with Crippen LogP contribution in [0, 0.1) is 0 Å². The van der Waals surface area contributed by atoms with Gasteiger partial charge >= 0.3 is 0 Å². The van der Waals surface area contributed by atoms with Gasteiger partial charge in [0.05, 0.1) is 6.04 Å². The van der Waals surface area contributed by atoms with Gasteiger partial charge in [-0.25, -0.2) is 0 Å². The molecule has 0 amide bonds. The minimum atomic E-state index is 0.327. The monoisotopic (exact) mass is 283 g/mol. The molecule has 21 heavy (non-hydrogen) atoms. The van der Waals surface area contributed by atoms with E-state index in [0.29, 0.717) is 6.04 Å². The predicted molar refractivity (Wildman–Crippen MR) is 87.5 cm³/mol. The van der Waals surface area contributed by atoms with Gasteiger partial charge in [-0.3, -0.25) is 0 Å². The second-order valence-electron chi connectivity index (χ2n) is 5.95. The highest BCUT2D eigenvalue weighted by Crippen LogP contribution is 2.30. The molecule has 0 radical (unpaired) electrons. The Morgan fingerprint density at radius 1 is 1.10 bits per heavy atom. The molecule has 1 aromatic heterocycles. The lowest BCUT2D eigenvalue weighted by molar-refractivity contribution is 0.411. The molecule has 0 aliphatic heterocycles. The first-order valence-corrected chi connectivity index (χ1v) is 8.27. The highest BCUT2D eigenvalue weighted by molar-refractivity contribution is 5.60. The van der Waals surface area contributed by atoms with Gasteiger partial charge < -0.3 is 9.73 Å². The minimum absolute atomic E-state index is 0.327. The molecule has 1 aromatic carbocycles. The van der Waals surface area contributed by atoms with E-state index in [4.69, 9.17) is 4.42 Å². The number of fused-ring (bicyclic) bond motifs is 1. The summed E-state index contributed by atoms with van der Waals surface area (Å²) in [5.74, 6) is 2.05. The topological polar surface area (TPSA) is 25.2 Å². The van der Waals surface area contributed by atoms with Gasteiger partial charge in [0.2, 0.25) is 0 Å². The van der Waals surface area contributed by atoms with Crippen LogP contribution in [0.3, 0.4) is 0 Å². The molecule has 1 aliphatic carbocycles. The summed E-state index contributed by atoms with van der Waals surface area (Å²) in [6.45, 7) is 5.43. The first-order chi connectivity index (χ1) is 10.3. The lowest BCUT2D eigenvalue weighted by Gasteiger charge is -2.13. The smallest absolute Gasteiger partial charge is 0.134 e. The first-order valence-electron chi connectivity index (χ1n) is 8.27. The maximum absolute atomic E-state index is 6.12. The van der Waals surface area contributed by atoms with E-state index in [1.165, 1.54) is 36.0 Å². The van der Waals surface area contributed by atoms with Gasteiger partial charge in [-0.1, -0.05) is 26.0 Å². The molecule has 0 bridgehead atoms. The Morgan fingerprint density at radius 2 is 1.95 bits per heavy atom. The van der Waals surface area contributed by atoms with Gasteiger partial charge in [-0.05, 0) is 68.0 Å². The highest BCUT2D eigenvalue weighted by Gasteiger charge is 2.16. The van der Waals surface area contributed by atoms with Gasteiger partial charge in [0.15, 0.2) is 0 Å². The van der Waals surface area contributed by atoms with E-state index >= 15 is 0 Å². The zero-order chi connectivity index (χ0) is 14.7.